The molecule has 3 heterocycles. The van der Waals surface area contributed by atoms with Crippen LogP contribution >= 0.6 is 0 Å². The summed E-state index contributed by atoms with van der Waals surface area (Å²) in [4.78, 5) is 24.9. The number of rotatable bonds is 7. The molecule has 1 aliphatic rings. The van der Waals surface area contributed by atoms with Gasteiger partial charge in [0.1, 0.15) is 40.9 Å². The predicted molar refractivity (Wildman–Crippen MR) is 128 cm³/mol. The van der Waals surface area contributed by atoms with E-state index in [1.54, 1.807) is 5.32 Å². The van der Waals surface area contributed by atoms with Crippen LogP contribution in [0.25, 0.3) is 0 Å². The molecule has 0 fully saturated rings. The van der Waals surface area contributed by atoms with Crippen LogP contribution in [0.3, 0.4) is 0 Å². The summed E-state index contributed by atoms with van der Waals surface area (Å²) in [6, 6.07) is 8.06. The average molecular weight is 520 g/mol. The van der Waals surface area contributed by atoms with Gasteiger partial charge in [-0.25, -0.2) is 14.4 Å². The second-order valence-electron chi connectivity index (χ2n) is 9.00. The van der Waals surface area contributed by atoms with Crippen molar-refractivity contribution in [1.29, 1.82) is 0 Å². The molecule has 4 rings (SSSR count). The Labute approximate surface area is 209 Å². The number of alkyl halides is 3. The van der Waals surface area contributed by atoms with Gasteiger partial charge in [-0.1, -0.05) is 6.07 Å². The SMILES string of the molecule is CC(C)(O)c1nc(Nc2nc(Nc3ccc4c(c3)CCNC4)ncc2C(=O)NCC(F)(F)F)ccc1F. The standard InChI is InChI=1S/C24H25F4N7O2/c1-23(2,37)19-17(25)5-6-18(33-19)34-20-16(21(36)31-12-24(26,27)28)11-30-22(35-20)32-15-4-3-14-10-29-8-7-13(14)9-15/h3-6,9,11,29,37H,7-8,10,12H2,1-2H3,(H,31,36)(H2,30,32,33,34,35). The highest BCUT2D eigenvalue weighted by Crippen LogP contribution is 2.26. The fraction of sp³-hybridized carbons (Fsp3) is 0.333. The third kappa shape index (κ3) is 6.68. The molecule has 0 bridgehead atoms. The zero-order valence-electron chi connectivity index (χ0n) is 20.0. The van der Waals surface area contributed by atoms with Crippen LogP contribution in [0.15, 0.2) is 36.5 Å². The van der Waals surface area contributed by atoms with E-state index in [0.29, 0.717) is 5.69 Å². The van der Waals surface area contributed by atoms with Crippen molar-refractivity contribution in [2.24, 2.45) is 0 Å². The number of carbonyl (C=O) groups excluding carboxylic acids is 1. The third-order valence-corrected chi connectivity index (χ3v) is 5.50. The zero-order valence-corrected chi connectivity index (χ0v) is 20.0. The van der Waals surface area contributed by atoms with Crippen LogP contribution in [0.5, 0.6) is 0 Å². The number of anilines is 4. The van der Waals surface area contributed by atoms with Crippen molar-refractivity contribution in [1.82, 2.24) is 25.6 Å². The fourth-order valence-electron chi connectivity index (χ4n) is 3.73. The normalized spacial score (nSPS) is 13.6. The molecule has 13 heteroatoms. The summed E-state index contributed by atoms with van der Waals surface area (Å²) in [7, 11) is 0. The molecular weight excluding hydrogens is 494 g/mol. The van der Waals surface area contributed by atoms with E-state index in [1.807, 2.05) is 18.2 Å². The Morgan fingerprint density at radius 1 is 1.11 bits per heavy atom. The Balaban J connectivity index is 1.66. The summed E-state index contributed by atoms with van der Waals surface area (Å²) >= 11 is 0. The number of fused-ring (bicyclic) bond motifs is 1. The lowest BCUT2D eigenvalue weighted by Gasteiger charge is -2.19. The van der Waals surface area contributed by atoms with Crippen LogP contribution in [-0.4, -0.2) is 45.2 Å². The first kappa shape index (κ1) is 26.2. The van der Waals surface area contributed by atoms with E-state index in [4.69, 9.17) is 0 Å². The summed E-state index contributed by atoms with van der Waals surface area (Å²) in [6.07, 6.45) is -2.70. The zero-order chi connectivity index (χ0) is 26.8. The third-order valence-electron chi connectivity index (χ3n) is 5.50. The highest BCUT2D eigenvalue weighted by molar-refractivity contribution is 5.99. The lowest BCUT2D eigenvalue weighted by molar-refractivity contribution is -0.123. The van der Waals surface area contributed by atoms with Crippen LogP contribution < -0.4 is 21.3 Å². The van der Waals surface area contributed by atoms with Gasteiger partial charge >= 0.3 is 6.18 Å². The van der Waals surface area contributed by atoms with E-state index >= 15 is 0 Å². The molecule has 2 aromatic heterocycles. The van der Waals surface area contributed by atoms with Crippen LogP contribution in [0, 0.1) is 5.82 Å². The number of aromatic nitrogens is 3. The van der Waals surface area contributed by atoms with Gasteiger partial charge in [0.05, 0.1) is 0 Å². The maximum atomic E-state index is 14.2. The summed E-state index contributed by atoms with van der Waals surface area (Å²) in [5.74, 6) is -1.92. The van der Waals surface area contributed by atoms with Crippen molar-refractivity contribution in [3.05, 3.63) is 64.7 Å². The van der Waals surface area contributed by atoms with Crippen molar-refractivity contribution in [2.45, 2.75) is 38.6 Å². The fourth-order valence-corrected chi connectivity index (χ4v) is 3.73. The molecule has 0 radical (unpaired) electrons. The number of nitrogens with zero attached hydrogens (tertiary/aromatic N) is 3. The molecule has 196 valence electrons. The van der Waals surface area contributed by atoms with Gasteiger partial charge in [-0.2, -0.15) is 18.2 Å². The van der Waals surface area contributed by atoms with Crippen molar-refractivity contribution < 1.29 is 27.5 Å². The van der Waals surface area contributed by atoms with Crippen molar-refractivity contribution >= 4 is 29.2 Å². The molecule has 9 nitrogen and oxygen atoms in total. The monoisotopic (exact) mass is 519 g/mol. The van der Waals surface area contributed by atoms with E-state index < -0.39 is 30.0 Å². The Morgan fingerprint density at radius 2 is 1.89 bits per heavy atom. The van der Waals surface area contributed by atoms with Crippen molar-refractivity contribution in [3.8, 4) is 0 Å². The largest absolute Gasteiger partial charge is 0.405 e. The number of amides is 1. The number of pyridine rings is 1. The van der Waals surface area contributed by atoms with Gasteiger partial charge in [0.15, 0.2) is 0 Å². The van der Waals surface area contributed by atoms with Gasteiger partial charge in [-0.3, -0.25) is 4.79 Å². The van der Waals surface area contributed by atoms with Crippen LogP contribution in [0.1, 0.15) is 41.0 Å². The van der Waals surface area contributed by atoms with Gasteiger partial charge in [0.2, 0.25) is 5.95 Å². The predicted octanol–water partition coefficient (Wildman–Crippen LogP) is 3.66. The summed E-state index contributed by atoms with van der Waals surface area (Å²) in [6.45, 7) is 2.76. The molecular formula is C24H25F4N7O2. The Bertz CT molecular complexity index is 1310. The number of halogens is 4. The average Bonchev–Trinajstić information content (AvgIpc) is 2.83. The summed E-state index contributed by atoms with van der Waals surface area (Å²) in [5.41, 5.74) is 0.834. The van der Waals surface area contributed by atoms with Crippen molar-refractivity contribution in [3.63, 3.8) is 0 Å². The summed E-state index contributed by atoms with van der Waals surface area (Å²) < 4.78 is 52.2. The van der Waals surface area contributed by atoms with Gasteiger partial charge in [0, 0.05) is 18.4 Å². The number of hydrogen-bond acceptors (Lipinski definition) is 8. The molecule has 1 aliphatic heterocycles. The second-order valence-corrected chi connectivity index (χ2v) is 9.00. The molecule has 0 saturated heterocycles. The first-order valence-electron chi connectivity index (χ1n) is 11.4. The van der Waals surface area contributed by atoms with Crippen LogP contribution in [0.4, 0.5) is 40.8 Å². The Kier molecular flexibility index (Phi) is 7.28. The number of carbonyl (C=O) groups is 1. The minimum Gasteiger partial charge on any atom is -0.384 e. The van der Waals surface area contributed by atoms with E-state index in [-0.39, 0.29) is 28.8 Å². The minimum atomic E-state index is -4.62. The number of aliphatic hydroxyl groups is 1. The molecule has 0 spiro atoms. The van der Waals surface area contributed by atoms with Gasteiger partial charge < -0.3 is 26.4 Å². The Morgan fingerprint density at radius 3 is 2.62 bits per heavy atom. The first-order valence-corrected chi connectivity index (χ1v) is 11.4. The molecule has 5 N–H and O–H groups in total. The number of benzene rings is 1. The van der Waals surface area contributed by atoms with Crippen LogP contribution in [-0.2, 0) is 18.6 Å². The maximum absolute atomic E-state index is 14.2. The smallest absolute Gasteiger partial charge is 0.384 e. The summed E-state index contributed by atoms with van der Waals surface area (Å²) in [5, 5.41) is 21.0. The van der Waals surface area contributed by atoms with E-state index in [9.17, 15) is 27.5 Å². The van der Waals surface area contributed by atoms with Crippen LogP contribution in [0.2, 0.25) is 0 Å². The van der Waals surface area contributed by atoms with Gasteiger partial charge in [-0.15, -0.1) is 0 Å². The van der Waals surface area contributed by atoms with Gasteiger partial charge in [-0.05, 0) is 62.2 Å². The lowest BCUT2D eigenvalue weighted by atomic mass is 10.0. The highest BCUT2D eigenvalue weighted by Gasteiger charge is 2.29. The minimum absolute atomic E-state index is 0.00864. The maximum Gasteiger partial charge on any atom is 0.405 e. The molecule has 1 aromatic carbocycles. The quantitative estimate of drug-likeness (QED) is 0.300. The van der Waals surface area contributed by atoms with E-state index in [0.717, 1.165) is 37.3 Å². The molecule has 0 unspecified atom stereocenters. The molecule has 0 saturated carbocycles. The van der Waals surface area contributed by atoms with Crippen molar-refractivity contribution in [2.75, 3.05) is 23.7 Å². The molecule has 0 atom stereocenters. The molecule has 37 heavy (non-hydrogen) atoms. The van der Waals surface area contributed by atoms with Gasteiger partial charge in [0.25, 0.3) is 5.91 Å². The second kappa shape index (κ2) is 10.3. The highest BCUT2D eigenvalue weighted by atomic mass is 19.4. The topological polar surface area (TPSA) is 124 Å². The molecule has 3 aromatic rings. The lowest BCUT2D eigenvalue weighted by Crippen LogP contribution is -2.34. The number of hydrogen-bond donors (Lipinski definition) is 5. The van der Waals surface area contributed by atoms with E-state index in [2.05, 4.69) is 30.9 Å². The first-order chi connectivity index (χ1) is 17.4. The Hall–Kier alpha value is -3.84. The molecule has 1 amide bonds. The molecule has 0 aliphatic carbocycles. The number of nitrogens with one attached hydrogen (secondary N) is 4. The van der Waals surface area contributed by atoms with E-state index in [1.165, 1.54) is 25.5 Å².